The molecule has 4 aromatic rings. The van der Waals surface area contributed by atoms with Crippen LogP contribution in [0.1, 0.15) is 5.56 Å². The third-order valence-corrected chi connectivity index (χ3v) is 5.73. The Morgan fingerprint density at radius 2 is 1.52 bits per heavy atom. The summed E-state index contributed by atoms with van der Waals surface area (Å²) in [4.78, 5) is 2.25. The molecule has 2 N–H and O–H groups in total. The van der Waals surface area contributed by atoms with Crippen LogP contribution in [-0.4, -0.2) is 40.9 Å². The van der Waals surface area contributed by atoms with Gasteiger partial charge in [-0.05, 0) is 37.9 Å². The molecule has 1 aliphatic heterocycles. The molecule has 1 heterocycles. The molecule has 0 radical (unpaired) electrons. The summed E-state index contributed by atoms with van der Waals surface area (Å²) in [5.74, 6) is -0.0280. The highest BCUT2D eigenvalue weighted by Gasteiger charge is 2.30. The molecule has 1 aliphatic rings. The van der Waals surface area contributed by atoms with E-state index in [0.29, 0.717) is 6.54 Å². The van der Waals surface area contributed by atoms with E-state index >= 15 is 0 Å². The maximum atomic E-state index is 10.1. The van der Waals surface area contributed by atoms with Crippen LogP contribution in [0.15, 0.2) is 54.6 Å². The van der Waals surface area contributed by atoms with Gasteiger partial charge in [0, 0.05) is 32.2 Å². The van der Waals surface area contributed by atoms with Gasteiger partial charge >= 0.3 is 0 Å². The quantitative estimate of drug-likeness (QED) is 0.566. The van der Waals surface area contributed by atoms with E-state index in [4.69, 9.17) is 0 Å². The van der Waals surface area contributed by atoms with Crippen molar-refractivity contribution >= 4 is 32.3 Å². The maximum Gasteiger partial charge on any atom is 0.0729 e. The van der Waals surface area contributed by atoms with Crippen LogP contribution in [0.2, 0.25) is 0 Å². The van der Waals surface area contributed by atoms with Crippen molar-refractivity contribution in [1.29, 1.82) is 0 Å². The van der Waals surface area contributed by atoms with Crippen LogP contribution in [0, 0.1) is 5.92 Å². The third kappa shape index (κ3) is 2.31. The molecule has 4 aromatic carbocycles. The Morgan fingerprint density at radius 3 is 2.24 bits per heavy atom. The van der Waals surface area contributed by atoms with Crippen LogP contribution in [0.25, 0.3) is 32.3 Å². The molecule has 126 valence electrons. The van der Waals surface area contributed by atoms with Gasteiger partial charge in [-0.2, -0.15) is 0 Å². The maximum absolute atomic E-state index is 10.1. The van der Waals surface area contributed by atoms with Crippen molar-refractivity contribution in [2.24, 2.45) is 5.92 Å². The summed E-state index contributed by atoms with van der Waals surface area (Å²) in [5, 5.41) is 27.3. The standard InChI is InChI=1S/C22H21NO2/c24-13-18-11-23(12-20(18)25)10-17-7-6-16-5-4-14-2-1-3-15-8-9-19(17)22(16)21(14)15/h1-9,18,20,24-25H,10-13H2/t18-,20+/m1/s1. The highest BCUT2D eigenvalue weighted by atomic mass is 16.3. The van der Waals surface area contributed by atoms with E-state index < -0.39 is 6.10 Å². The van der Waals surface area contributed by atoms with Gasteiger partial charge in [0.2, 0.25) is 0 Å². The number of benzene rings is 4. The van der Waals surface area contributed by atoms with Gasteiger partial charge in [0.25, 0.3) is 0 Å². The van der Waals surface area contributed by atoms with Crippen LogP contribution < -0.4 is 0 Å². The Balaban J connectivity index is 1.64. The highest BCUT2D eigenvalue weighted by molar-refractivity contribution is 6.23. The molecule has 0 aliphatic carbocycles. The number of hydrogen-bond donors (Lipinski definition) is 2. The second-order valence-electron chi connectivity index (χ2n) is 7.28. The second kappa shape index (κ2) is 5.67. The first-order chi connectivity index (χ1) is 12.2. The summed E-state index contributed by atoms with van der Waals surface area (Å²) < 4.78 is 0. The number of hydrogen-bond acceptors (Lipinski definition) is 3. The van der Waals surface area contributed by atoms with Crippen molar-refractivity contribution in [2.75, 3.05) is 19.7 Å². The van der Waals surface area contributed by atoms with Crippen molar-refractivity contribution in [2.45, 2.75) is 12.6 Å². The molecule has 3 nitrogen and oxygen atoms in total. The van der Waals surface area contributed by atoms with Gasteiger partial charge in [-0.3, -0.25) is 4.90 Å². The molecule has 0 spiro atoms. The summed E-state index contributed by atoms with van der Waals surface area (Å²) in [5.41, 5.74) is 1.29. The zero-order valence-corrected chi connectivity index (χ0v) is 14.0. The number of β-amino-alcohol motifs (C(OH)–C–C–N with tert-alkyl or cyclic N) is 1. The summed E-state index contributed by atoms with van der Waals surface area (Å²) in [6, 6.07) is 19.7. The number of aliphatic hydroxyl groups is 2. The average Bonchev–Trinajstić information content (AvgIpc) is 3.00. The Morgan fingerprint density at radius 1 is 0.840 bits per heavy atom. The summed E-state index contributed by atoms with van der Waals surface area (Å²) in [6.07, 6.45) is -0.426. The lowest BCUT2D eigenvalue weighted by atomic mass is 9.92. The number of nitrogens with zero attached hydrogens (tertiary/aromatic N) is 1. The van der Waals surface area contributed by atoms with E-state index in [0.717, 1.165) is 13.1 Å². The Labute approximate surface area is 146 Å². The molecular formula is C22H21NO2. The lowest BCUT2D eigenvalue weighted by Gasteiger charge is -2.19. The van der Waals surface area contributed by atoms with E-state index in [1.165, 1.54) is 37.9 Å². The van der Waals surface area contributed by atoms with Crippen molar-refractivity contribution in [3.63, 3.8) is 0 Å². The van der Waals surface area contributed by atoms with Crippen LogP contribution in [0.5, 0.6) is 0 Å². The SMILES string of the molecule is OC[C@H]1CN(Cc2ccc3ccc4cccc5ccc2c3c45)C[C@@H]1O. The van der Waals surface area contributed by atoms with E-state index in [1.807, 2.05) is 0 Å². The van der Waals surface area contributed by atoms with E-state index in [9.17, 15) is 10.2 Å². The monoisotopic (exact) mass is 331 g/mol. The van der Waals surface area contributed by atoms with Crippen LogP contribution >= 0.6 is 0 Å². The molecular weight excluding hydrogens is 310 g/mol. The third-order valence-electron chi connectivity index (χ3n) is 5.73. The topological polar surface area (TPSA) is 43.7 Å². The fourth-order valence-corrected chi connectivity index (χ4v) is 4.42. The van der Waals surface area contributed by atoms with Crippen molar-refractivity contribution in [1.82, 2.24) is 4.90 Å². The van der Waals surface area contributed by atoms with E-state index in [2.05, 4.69) is 59.5 Å². The molecule has 3 heteroatoms. The molecule has 1 saturated heterocycles. The molecule has 25 heavy (non-hydrogen) atoms. The minimum atomic E-state index is -0.426. The van der Waals surface area contributed by atoms with Gasteiger partial charge in [0.05, 0.1) is 6.10 Å². The first-order valence-electron chi connectivity index (χ1n) is 8.91. The van der Waals surface area contributed by atoms with Gasteiger partial charge in [-0.1, -0.05) is 54.6 Å². The molecule has 0 saturated carbocycles. The normalized spacial score (nSPS) is 21.8. The van der Waals surface area contributed by atoms with Crippen molar-refractivity contribution in [3.8, 4) is 0 Å². The lowest BCUT2D eigenvalue weighted by molar-refractivity contribution is 0.103. The Hall–Kier alpha value is -2.20. The van der Waals surface area contributed by atoms with Gasteiger partial charge in [-0.15, -0.1) is 0 Å². The van der Waals surface area contributed by atoms with Gasteiger partial charge < -0.3 is 10.2 Å². The highest BCUT2D eigenvalue weighted by Crippen LogP contribution is 2.36. The molecule has 0 bridgehead atoms. The second-order valence-corrected chi connectivity index (χ2v) is 7.28. The number of rotatable bonds is 3. The van der Waals surface area contributed by atoms with Crippen molar-refractivity contribution < 1.29 is 10.2 Å². The zero-order valence-electron chi connectivity index (χ0n) is 14.0. The van der Waals surface area contributed by atoms with Crippen LogP contribution in [0.4, 0.5) is 0 Å². The molecule has 1 fully saturated rings. The Bertz CT molecular complexity index is 1040. The minimum absolute atomic E-state index is 0.0280. The fourth-order valence-electron chi connectivity index (χ4n) is 4.42. The van der Waals surface area contributed by atoms with Crippen LogP contribution in [-0.2, 0) is 6.54 Å². The van der Waals surface area contributed by atoms with Gasteiger partial charge in [-0.25, -0.2) is 0 Å². The average molecular weight is 331 g/mol. The Kier molecular flexibility index (Phi) is 3.42. The summed E-state index contributed by atoms with van der Waals surface area (Å²) in [6.45, 7) is 2.24. The van der Waals surface area contributed by atoms with E-state index in [1.54, 1.807) is 0 Å². The lowest BCUT2D eigenvalue weighted by Crippen LogP contribution is -2.21. The minimum Gasteiger partial charge on any atom is -0.396 e. The largest absolute Gasteiger partial charge is 0.396 e. The predicted octanol–water partition coefficient (Wildman–Crippen LogP) is 3.37. The van der Waals surface area contributed by atoms with Gasteiger partial charge in [0.1, 0.15) is 0 Å². The molecule has 5 rings (SSSR count). The smallest absolute Gasteiger partial charge is 0.0729 e. The predicted molar refractivity (Wildman–Crippen MR) is 102 cm³/mol. The molecule has 0 amide bonds. The first-order valence-corrected chi connectivity index (χ1v) is 8.91. The fraction of sp³-hybridized carbons (Fsp3) is 0.273. The van der Waals surface area contributed by atoms with Crippen LogP contribution in [0.3, 0.4) is 0 Å². The molecule has 2 atom stereocenters. The van der Waals surface area contributed by atoms with Gasteiger partial charge in [0.15, 0.2) is 0 Å². The zero-order chi connectivity index (χ0) is 17.0. The molecule has 0 unspecified atom stereocenters. The molecule has 0 aromatic heterocycles. The summed E-state index contributed by atoms with van der Waals surface area (Å²) in [7, 11) is 0. The van der Waals surface area contributed by atoms with Crippen molar-refractivity contribution in [3.05, 3.63) is 60.2 Å². The number of aliphatic hydroxyl groups excluding tert-OH is 2. The van der Waals surface area contributed by atoms with E-state index in [-0.39, 0.29) is 12.5 Å². The first kappa shape index (κ1) is 15.1. The summed E-state index contributed by atoms with van der Waals surface area (Å²) >= 11 is 0. The number of likely N-dealkylation sites (tertiary alicyclic amines) is 1.